The van der Waals surface area contributed by atoms with E-state index in [-0.39, 0.29) is 14.5 Å². The minimum absolute atomic E-state index is 0.0710. The van der Waals surface area contributed by atoms with Gasteiger partial charge >= 0.3 is 294 Å². The predicted octanol–water partition coefficient (Wildman–Crippen LogP) is 11.4. The molecule has 4 nitrogen and oxygen atoms in total. The molecule has 0 N–H and O–H groups in total. The van der Waals surface area contributed by atoms with Crippen molar-refractivity contribution in [2.75, 3.05) is 0 Å². The molecule has 6 aromatic carbocycles. The molecule has 11 rings (SSSR count). The quantitative estimate of drug-likeness (QED) is 0.170. The van der Waals surface area contributed by atoms with Crippen LogP contribution in [0.1, 0.15) is 0 Å². The summed E-state index contributed by atoms with van der Waals surface area (Å²) in [6.45, 7) is 0. The Balaban J connectivity index is 1.06. The van der Waals surface area contributed by atoms with Gasteiger partial charge in [0.2, 0.25) is 0 Å². The van der Waals surface area contributed by atoms with Crippen molar-refractivity contribution in [1.29, 1.82) is 0 Å². The molecule has 0 aliphatic carbocycles. The summed E-state index contributed by atoms with van der Waals surface area (Å²) in [6.07, 6.45) is 6.14. The summed E-state index contributed by atoms with van der Waals surface area (Å²) < 4.78 is 7.24. The van der Waals surface area contributed by atoms with Crippen molar-refractivity contribution >= 4 is 77.5 Å². The number of rotatable bonds is 4. The van der Waals surface area contributed by atoms with E-state index in [0.717, 1.165) is 5.56 Å². The van der Waals surface area contributed by atoms with E-state index in [1.54, 1.807) is 0 Å². The average Bonchev–Trinajstić information content (AvgIpc) is 3.85. The van der Waals surface area contributed by atoms with Gasteiger partial charge in [-0.15, -0.1) is 0 Å². The Morgan fingerprint density at radius 3 is 1.57 bits per heavy atom. The fourth-order valence-electron chi connectivity index (χ4n) is 7.94. The Hall–Kier alpha value is -6.26. The van der Waals surface area contributed by atoms with Crippen molar-refractivity contribution in [3.8, 4) is 33.6 Å². The molecule has 0 spiro atoms. The van der Waals surface area contributed by atoms with Crippen molar-refractivity contribution < 1.29 is 0 Å². The van der Waals surface area contributed by atoms with Crippen molar-refractivity contribution in [1.82, 2.24) is 19.1 Å². The van der Waals surface area contributed by atoms with Gasteiger partial charge in [0, 0.05) is 0 Å². The monoisotopic (exact) mass is 716 g/mol. The van der Waals surface area contributed by atoms with Crippen LogP contribution in [-0.4, -0.2) is 33.6 Å². The van der Waals surface area contributed by atoms with Gasteiger partial charge in [0.15, 0.2) is 0 Å². The van der Waals surface area contributed by atoms with Crippen LogP contribution in [0.15, 0.2) is 170 Å². The standard InChI is InChI=1S/C46H28N4Se/c1-3-11-32(12-4-1)49-41-17-9-7-15-34(41)36-23-29(19-21-43(36)49)31-25-38-40-28-47-27-39(45(40)51-46(38)48-26-31)30-20-22-44-37(24-30)35-16-8-10-18-42(35)50(44)33-13-5-2-6-14-33/h1-28H. The third-order valence-corrected chi connectivity index (χ3v) is 12.7. The number of fused-ring (bicyclic) bond motifs is 9. The van der Waals surface area contributed by atoms with Crippen LogP contribution in [0.2, 0.25) is 0 Å². The molecule has 5 heterocycles. The molecule has 0 radical (unpaired) electrons. The molecule has 0 amide bonds. The number of hydrogen-bond acceptors (Lipinski definition) is 2. The van der Waals surface area contributed by atoms with Crippen LogP contribution in [0.5, 0.6) is 0 Å². The van der Waals surface area contributed by atoms with E-state index in [9.17, 15) is 0 Å². The van der Waals surface area contributed by atoms with E-state index in [1.165, 1.54) is 91.1 Å². The molecule has 0 aliphatic rings. The first-order valence-corrected chi connectivity index (χ1v) is 18.9. The summed E-state index contributed by atoms with van der Waals surface area (Å²) >= 11 is 0.0710. The molecule has 0 aliphatic heterocycles. The molecule has 0 saturated carbocycles. The topological polar surface area (TPSA) is 35.6 Å². The molecule has 0 saturated heterocycles. The first-order valence-electron chi connectivity index (χ1n) is 17.1. The van der Waals surface area contributed by atoms with E-state index in [2.05, 4.69) is 167 Å². The molecule has 0 unspecified atom stereocenters. The fraction of sp³-hybridized carbons (Fsp3) is 0. The van der Waals surface area contributed by atoms with Crippen LogP contribution in [0, 0.1) is 0 Å². The van der Waals surface area contributed by atoms with Gasteiger partial charge in [-0.3, -0.25) is 0 Å². The average molecular weight is 716 g/mol. The van der Waals surface area contributed by atoms with Crippen LogP contribution in [0.25, 0.3) is 96.7 Å². The zero-order valence-corrected chi connectivity index (χ0v) is 29.1. The van der Waals surface area contributed by atoms with Gasteiger partial charge in [0.1, 0.15) is 0 Å². The zero-order valence-electron chi connectivity index (χ0n) is 27.4. The van der Waals surface area contributed by atoms with Crippen LogP contribution in [0.4, 0.5) is 0 Å². The van der Waals surface area contributed by atoms with Gasteiger partial charge < -0.3 is 0 Å². The molecule has 0 bridgehead atoms. The Kier molecular flexibility index (Phi) is 6.23. The number of pyridine rings is 2. The number of hydrogen-bond donors (Lipinski definition) is 0. The van der Waals surface area contributed by atoms with Crippen molar-refractivity contribution in [2.45, 2.75) is 0 Å². The maximum atomic E-state index is 5.10. The van der Waals surface area contributed by atoms with E-state index in [0.29, 0.717) is 0 Å². The second kappa shape index (κ2) is 11.1. The maximum absolute atomic E-state index is 5.10. The van der Waals surface area contributed by atoms with Gasteiger partial charge in [-0.25, -0.2) is 0 Å². The minimum atomic E-state index is 0.0710. The molecule has 0 fully saturated rings. The van der Waals surface area contributed by atoms with Crippen molar-refractivity contribution in [3.05, 3.63) is 170 Å². The molecule has 51 heavy (non-hydrogen) atoms. The van der Waals surface area contributed by atoms with E-state index in [4.69, 9.17) is 9.97 Å². The molecule has 5 heteroatoms. The van der Waals surface area contributed by atoms with Gasteiger partial charge in [-0.2, -0.15) is 0 Å². The summed E-state index contributed by atoms with van der Waals surface area (Å²) in [4.78, 5) is 9.91. The van der Waals surface area contributed by atoms with Gasteiger partial charge in [-0.05, 0) is 0 Å². The summed E-state index contributed by atoms with van der Waals surface area (Å²) in [5, 5.41) is 7.39. The van der Waals surface area contributed by atoms with Gasteiger partial charge in [-0.1, -0.05) is 6.07 Å². The Bertz CT molecular complexity index is 3130. The second-order valence-corrected chi connectivity index (χ2v) is 15.2. The summed E-state index contributed by atoms with van der Waals surface area (Å²) in [6, 6.07) is 54.7. The Morgan fingerprint density at radius 2 is 0.922 bits per heavy atom. The molecule has 0 atom stereocenters. The number of para-hydroxylation sites is 4. The van der Waals surface area contributed by atoms with Crippen LogP contribution < -0.4 is 0 Å². The summed E-state index contributed by atoms with van der Waals surface area (Å²) in [5.41, 5.74) is 11.8. The van der Waals surface area contributed by atoms with Crippen LogP contribution in [0.3, 0.4) is 0 Å². The van der Waals surface area contributed by atoms with Gasteiger partial charge in [0.25, 0.3) is 0 Å². The number of nitrogens with zero attached hydrogens (tertiary/aromatic N) is 4. The predicted molar refractivity (Wildman–Crippen MR) is 214 cm³/mol. The first-order chi connectivity index (χ1) is 25.3. The van der Waals surface area contributed by atoms with Crippen LogP contribution >= 0.6 is 0 Å². The molecular weight excluding hydrogens is 687 g/mol. The third kappa shape index (κ3) is 4.32. The normalized spacial score (nSPS) is 11.9. The summed E-state index contributed by atoms with van der Waals surface area (Å²) in [5.74, 6) is 0. The van der Waals surface area contributed by atoms with Crippen LogP contribution in [-0.2, 0) is 0 Å². The number of aromatic nitrogens is 4. The Labute approximate surface area is 299 Å². The molecule has 11 aromatic rings. The first kappa shape index (κ1) is 28.6. The summed E-state index contributed by atoms with van der Waals surface area (Å²) in [7, 11) is 0. The van der Waals surface area contributed by atoms with Crippen molar-refractivity contribution in [3.63, 3.8) is 0 Å². The molecule has 5 aromatic heterocycles. The SMILES string of the molecule is c1ccc(-n2c3ccccc3c3cc(-c4cnc5[se]c6c(-c7ccc8c(c7)c7ccccc7n8-c7ccccc7)cncc6c5c4)ccc32)cc1. The Morgan fingerprint density at radius 1 is 0.392 bits per heavy atom. The van der Waals surface area contributed by atoms with E-state index in [1.807, 2.05) is 12.4 Å². The van der Waals surface area contributed by atoms with E-state index >= 15 is 0 Å². The van der Waals surface area contributed by atoms with Crippen molar-refractivity contribution in [2.24, 2.45) is 0 Å². The fourth-order valence-corrected chi connectivity index (χ4v) is 10.3. The van der Waals surface area contributed by atoms with E-state index < -0.39 is 0 Å². The van der Waals surface area contributed by atoms with Gasteiger partial charge in [0.05, 0.1) is 0 Å². The zero-order chi connectivity index (χ0) is 33.5. The number of benzene rings is 6. The molecule has 238 valence electrons. The third-order valence-electron chi connectivity index (χ3n) is 10.3. The molecular formula is C46H28N4Se. The second-order valence-electron chi connectivity index (χ2n) is 13.1.